The number of benzene rings is 3. The van der Waals surface area contributed by atoms with Crippen LogP contribution in [0.3, 0.4) is 0 Å². The van der Waals surface area contributed by atoms with Gasteiger partial charge in [0.2, 0.25) is 0 Å². The van der Waals surface area contributed by atoms with Crippen LogP contribution in [0.1, 0.15) is 15.9 Å². The highest BCUT2D eigenvalue weighted by molar-refractivity contribution is 6.00. The quantitative estimate of drug-likeness (QED) is 0.409. The Hall–Kier alpha value is -4.16. The van der Waals surface area contributed by atoms with E-state index < -0.39 is 0 Å². The molecule has 6 nitrogen and oxygen atoms in total. The van der Waals surface area contributed by atoms with Gasteiger partial charge in [-0.15, -0.1) is 0 Å². The van der Waals surface area contributed by atoms with E-state index in [1.165, 1.54) is 5.56 Å². The molecule has 2 aromatic heterocycles. The van der Waals surface area contributed by atoms with E-state index in [0.717, 1.165) is 41.5 Å². The van der Waals surface area contributed by atoms with Crippen LogP contribution in [0.4, 0.5) is 0 Å². The molecular formula is C29H26N4O2. The molecule has 1 saturated heterocycles. The molecule has 5 aromatic rings. The molecule has 0 aliphatic carbocycles. The number of hydrogen-bond donors (Lipinski definition) is 2. The second-order valence-corrected chi connectivity index (χ2v) is 9.12. The zero-order valence-corrected chi connectivity index (χ0v) is 19.3. The van der Waals surface area contributed by atoms with Gasteiger partial charge in [0.15, 0.2) is 0 Å². The maximum atomic E-state index is 13.2. The summed E-state index contributed by atoms with van der Waals surface area (Å²) in [5, 5.41) is 1.91. The van der Waals surface area contributed by atoms with Crippen molar-refractivity contribution in [2.24, 2.45) is 0 Å². The summed E-state index contributed by atoms with van der Waals surface area (Å²) in [5.74, 6) is 0.00724. The smallest absolute Gasteiger partial charge is 0.256 e. The molecule has 1 amide bonds. The molecule has 174 valence electrons. The zero-order chi connectivity index (χ0) is 23.8. The molecule has 0 unspecified atom stereocenters. The fraction of sp³-hybridized carbons (Fsp3) is 0.172. The minimum absolute atomic E-state index is 0.00724. The summed E-state index contributed by atoms with van der Waals surface area (Å²) in [4.78, 5) is 36.7. The van der Waals surface area contributed by atoms with Crippen molar-refractivity contribution in [3.63, 3.8) is 0 Å². The minimum atomic E-state index is -0.165. The maximum Gasteiger partial charge on any atom is 0.256 e. The monoisotopic (exact) mass is 462 g/mol. The predicted molar refractivity (Wildman–Crippen MR) is 139 cm³/mol. The van der Waals surface area contributed by atoms with Gasteiger partial charge in [-0.05, 0) is 35.2 Å². The number of carbonyl (C=O) groups is 1. The van der Waals surface area contributed by atoms with Gasteiger partial charge in [0.25, 0.3) is 11.5 Å². The van der Waals surface area contributed by atoms with Crippen LogP contribution in [0.5, 0.6) is 0 Å². The van der Waals surface area contributed by atoms with Crippen molar-refractivity contribution in [1.29, 1.82) is 0 Å². The lowest BCUT2D eigenvalue weighted by Gasteiger charge is -2.34. The first kappa shape index (κ1) is 21.4. The third kappa shape index (κ3) is 4.13. The summed E-state index contributed by atoms with van der Waals surface area (Å²) in [6, 6.07) is 25.8. The van der Waals surface area contributed by atoms with Gasteiger partial charge in [0.1, 0.15) is 0 Å². The van der Waals surface area contributed by atoms with E-state index in [4.69, 9.17) is 0 Å². The summed E-state index contributed by atoms with van der Waals surface area (Å²) >= 11 is 0. The molecule has 35 heavy (non-hydrogen) atoms. The van der Waals surface area contributed by atoms with E-state index in [1.54, 1.807) is 6.07 Å². The normalized spacial score (nSPS) is 14.6. The molecule has 0 bridgehead atoms. The number of aromatic nitrogens is 2. The first-order valence-corrected chi connectivity index (χ1v) is 11.9. The minimum Gasteiger partial charge on any atom is -0.361 e. The molecule has 0 spiro atoms. The number of para-hydroxylation sites is 1. The van der Waals surface area contributed by atoms with Crippen molar-refractivity contribution in [1.82, 2.24) is 19.8 Å². The van der Waals surface area contributed by atoms with Crippen LogP contribution in [0.2, 0.25) is 0 Å². The predicted octanol–water partition coefficient (Wildman–Crippen LogP) is 4.63. The Labute approximate surface area is 202 Å². The van der Waals surface area contributed by atoms with E-state index in [-0.39, 0.29) is 11.5 Å². The van der Waals surface area contributed by atoms with Crippen molar-refractivity contribution in [2.75, 3.05) is 26.2 Å². The highest BCUT2D eigenvalue weighted by Gasteiger charge is 2.22. The van der Waals surface area contributed by atoms with Gasteiger partial charge < -0.3 is 14.9 Å². The molecule has 1 fully saturated rings. The second kappa shape index (κ2) is 8.89. The van der Waals surface area contributed by atoms with Gasteiger partial charge in [-0.2, -0.15) is 0 Å². The SMILES string of the molecule is O=C(c1ccc2cc(-c3c[nH]c4ccccc34)c(=O)[nH]c2c1)N1CCN(Cc2ccccc2)CC1. The van der Waals surface area contributed by atoms with E-state index >= 15 is 0 Å². The first-order valence-electron chi connectivity index (χ1n) is 11.9. The number of amides is 1. The number of hydrogen-bond acceptors (Lipinski definition) is 3. The summed E-state index contributed by atoms with van der Waals surface area (Å²) in [6.45, 7) is 3.98. The van der Waals surface area contributed by atoms with Gasteiger partial charge in [-0.25, -0.2) is 0 Å². The summed E-state index contributed by atoms with van der Waals surface area (Å²) < 4.78 is 0. The largest absolute Gasteiger partial charge is 0.361 e. The number of fused-ring (bicyclic) bond motifs is 2. The van der Waals surface area contributed by atoms with Crippen molar-refractivity contribution >= 4 is 27.7 Å². The van der Waals surface area contributed by atoms with E-state index in [0.29, 0.717) is 29.7 Å². The average molecular weight is 463 g/mol. The van der Waals surface area contributed by atoms with Crippen molar-refractivity contribution in [3.8, 4) is 11.1 Å². The number of piperazine rings is 1. The maximum absolute atomic E-state index is 13.2. The van der Waals surface area contributed by atoms with Gasteiger partial charge >= 0.3 is 0 Å². The molecule has 0 radical (unpaired) electrons. The lowest BCUT2D eigenvalue weighted by molar-refractivity contribution is 0.0628. The van der Waals surface area contributed by atoms with Gasteiger partial charge in [0.05, 0.1) is 0 Å². The van der Waals surface area contributed by atoms with E-state index in [1.807, 2.05) is 59.6 Å². The van der Waals surface area contributed by atoms with Crippen LogP contribution < -0.4 is 5.56 Å². The Morgan fingerprint density at radius 2 is 1.57 bits per heavy atom. The van der Waals surface area contributed by atoms with E-state index in [2.05, 4.69) is 39.1 Å². The number of aromatic amines is 2. The molecule has 3 heterocycles. The number of H-pyrrole nitrogens is 2. The van der Waals surface area contributed by atoms with Crippen LogP contribution in [0.15, 0.2) is 89.9 Å². The third-order valence-electron chi connectivity index (χ3n) is 6.88. The Balaban J connectivity index is 1.21. The third-order valence-corrected chi connectivity index (χ3v) is 6.88. The first-order chi connectivity index (χ1) is 17.2. The van der Waals surface area contributed by atoms with E-state index in [9.17, 15) is 9.59 Å². The second-order valence-electron chi connectivity index (χ2n) is 9.12. The topological polar surface area (TPSA) is 72.2 Å². The number of pyridine rings is 1. The summed E-state index contributed by atoms with van der Waals surface area (Å²) in [7, 11) is 0. The summed E-state index contributed by atoms with van der Waals surface area (Å²) in [5.41, 5.74) is 4.88. The Kier molecular flexibility index (Phi) is 5.43. The van der Waals surface area contributed by atoms with Crippen LogP contribution in [0, 0.1) is 0 Å². The van der Waals surface area contributed by atoms with Crippen LogP contribution in [0.25, 0.3) is 32.9 Å². The zero-order valence-electron chi connectivity index (χ0n) is 19.3. The lowest BCUT2D eigenvalue weighted by Crippen LogP contribution is -2.48. The fourth-order valence-electron chi connectivity index (χ4n) is 4.96. The standard InChI is InChI=1S/C29H26N4O2/c34-28-24(25-18-30-26-9-5-4-8-23(25)26)16-21-10-11-22(17-27(21)31-28)29(35)33-14-12-32(13-15-33)19-20-6-2-1-3-7-20/h1-11,16-18,30H,12-15,19H2,(H,31,34). The molecule has 6 heteroatoms. The van der Waals surface area contributed by atoms with Gasteiger partial charge in [-0.1, -0.05) is 54.6 Å². The van der Waals surface area contributed by atoms with Gasteiger partial charge in [-0.3, -0.25) is 14.5 Å². The molecule has 6 rings (SSSR count). The molecule has 3 aromatic carbocycles. The molecule has 0 atom stereocenters. The van der Waals surface area contributed by atoms with Crippen LogP contribution >= 0.6 is 0 Å². The lowest BCUT2D eigenvalue weighted by atomic mass is 10.0. The Morgan fingerprint density at radius 1 is 0.800 bits per heavy atom. The highest BCUT2D eigenvalue weighted by atomic mass is 16.2. The van der Waals surface area contributed by atoms with Gasteiger partial charge in [0, 0.05) is 72.0 Å². The number of nitrogens with one attached hydrogen (secondary N) is 2. The molecule has 1 aliphatic rings. The molecule has 0 saturated carbocycles. The number of nitrogens with zero attached hydrogens (tertiary/aromatic N) is 2. The van der Waals surface area contributed by atoms with Crippen LogP contribution in [-0.2, 0) is 6.54 Å². The van der Waals surface area contributed by atoms with Crippen molar-refractivity contribution in [2.45, 2.75) is 6.54 Å². The van der Waals surface area contributed by atoms with Crippen molar-refractivity contribution < 1.29 is 4.79 Å². The Morgan fingerprint density at radius 3 is 2.40 bits per heavy atom. The average Bonchev–Trinajstić information content (AvgIpc) is 3.32. The number of rotatable bonds is 4. The van der Waals surface area contributed by atoms with Crippen LogP contribution in [-0.4, -0.2) is 51.9 Å². The molecule has 1 aliphatic heterocycles. The molecular weight excluding hydrogens is 436 g/mol. The fourth-order valence-corrected chi connectivity index (χ4v) is 4.96. The molecule has 2 N–H and O–H groups in total. The van der Waals surface area contributed by atoms with Crippen molar-refractivity contribution in [3.05, 3.63) is 107 Å². The summed E-state index contributed by atoms with van der Waals surface area (Å²) in [6.07, 6.45) is 1.87. The highest BCUT2D eigenvalue weighted by Crippen LogP contribution is 2.28. The Bertz CT molecular complexity index is 1580. The number of carbonyl (C=O) groups excluding carboxylic acids is 1.